The molecule has 1 saturated heterocycles. The van der Waals surface area contributed by atoms with Gasteiger partial charge in [0, 0.05) is 25.3 Å². The molecule has 1 fully saturated rings. The second-order valence-corrected chi connectivity index (χ2v) is 11.2. The number of carbonyl (C=O) groups is 1. The average Bonchev–Trinajstić information content (AvgIpc) is 3.24. The summed E-state index contributed by atoms with van der Waals surface area (Å²) >= 11 is 0. The summed E-state index contributed by atoms with van der Waals surface area (Å²) in [5, 5.41) is 15.3. The third kappa shape index (κ3) is 5.06. The molecule has 1 amide bonds. The van der Waals surface area contributed by atoms with Gasteiger partial charge in [-0.2, -0.15) is 0 Å². The molecule has 11 nitrogen and oxygen atoms in total. The van der Waals surface area contributed by atoms with E-state index in [0.29, 0.717) is 31.3 Å². The van der Waals surface area contributed by atoms with Crippen LogP contribution in [0.15, 0.2) is 53.7 Å². The molecule has 1 atom stereocenters. The zero-order valence-electron chi connectivity index (χ0n) is 19.7. The Kier molecular flexibility index (Phi) is 6.41. The second kappa shape index (κ2) is 9.17. The lowest BCUT2D eigenvalue weighted by Crippen LogP contribution is -2.47. The molecule has 3 aromatic rings. The van der Waals surface area contributed by atoms with E-state index in [1.165, 1.54) is 24.4 Å². The number of piperidine rings is 1. The number of hydrogen-bond donors (Lipinski definition) is 1. The predicted octanol–water partition coefficient (Wildman–Crippen LogP) is 3.99. The summed E-state index contributed by atoms with van der Waals surface area (Å²) in [5.41, 5.74) is -0.678. The fraction of sp³-hybridized carbons (Fsp3) is 0.391. The first-order chi connectivity index (χ1) is 16.5. The van der Waals surface area contributed by atoms with Gasteiger partial charge in [0.2, 0.25) is 0 Å². The number of benzene rings is 1. The number of likely N-dealkylation sites (tertiary alicyclic amines) is 1. The summed E-state index contributed by atoms with van der Waals surface area (Å²) in [4.78, 5) is 29.5. The van der Waals surface area contributed by atoms with Crippen molar-refractivity contribution in [3.05, 3.63) is 58.9 Å². The molecule has 4 rings (SSSR count). The highest BCUT2D eigenvalue weighted by atomic mass is 32.2. The topological polar surface area (TPSA) is 137 Å². The van der Waals surface area contributed by atoms with Crippen LogP contribution in [-0.4, -0.2) is 58.0 Å². The van der Waals surface area contributed by atoms with Gasteiger partial charge in [-0.3, -0.25) is 10.1 Å². The summed E-state index contributed by atoms with van der Waals surface area (Å²) in [6.07, 6.45) is 3.29. The van der Waals surface area contributed by atoms with Crippen LogP contribution in [0.5, 0.6) is 0 Å². The van der Waals surface area contributed by atoms with Gasteiger partial charge in [0.25, 0.3) is 10.0 Å². The maximum atomic E-state index is 13.2. The Morgan fingerprint density at radius 3 is 2.60 bits per heavy atom. The summed E-state index contributed by atoms with van der Waals surface area (Å²) < 4.78 is 32.8. The molecule has 186 valence electrons. The first-order valence-corrected chi connectivity index (χ1v) is 12.6. The summed E-state index contributed by atoms with van der Waals surface area (Å²) in [7, 11) is -3.96. The van der Waals surface area contributed by atoms with Gasteiger partial charge in [-0.15, -0.1) is 0 Å². The minimum absolute atomic E-state index is 0.0711. The molecule has 1 aliphatic rings. The molecule has 12 heteroatoms. The van der Waals surface area contributed by atoms with Crippen molar-refractivity contribution in [2.75, 3.05) is 18.4 Å². The van der Waals surface area contributed by atoms with Gasteiger partial charge in [-0.1, -0.05) is 18.2 Å². The third-order valence-electron chi connectivity index (χ3n) is 5.58. The average molecular weight is 502 g/mol. The highest BCUT2D eigenvalue weighted by molar-refractivity contribution is 7.90. The number of amides is 1. The molecule has 1 N–H and O–H groups in total. The minimum Gasteiger partial charge on any atom is -0.444 e. The lowest BCUT2D eigenvalue weighted by atomic mass is 10.1. The number of anilines is 1. The SMILES string of the molecule is CC(C)(C)OC(=O)N1CCCC(Nc2c([N+](=O)[O-])cnc3c2ccn3S(=O)(=O)c2ccccc2)C1. The van der Waals surface area contributed by atoms with Crippen LogP contribution in [0.3, 0.4) is 0 Å². The van der Waals surface area contributed by atoms with Crippen molar-refractivity contribution in [3.8, 4) is 0 Å². The minimum atomic E-state index is -3.96. The fourth-order valence-electron chi connectivity index (χ4n) is 4.03. The van der Waals surface area contributed by atoms with Crippen molar-refractivity contribution in [3.63, 3.8) is 0 Å². The third-order valence-corrected chi connectivity index (χ3v) is 7.26. The first kappa shape index (κ1) is 24.5. The molecule has 1 aliphatic heterocycles. The monoisotopic (exact) mass is 501 g/mol. The molecule has 2 aromatic heterocycles. The lowest BCUT2D eigenvalue weighted by Gasteiger charge is -2.34. The second-order valence-electron chi connectivity index (χ2n) is 9.35. The van der Waals surface area contributed by atoms with Crippen LogP contribution in [0.4, 0.5) is 16.2 Å². The predicted molar refractivity (Wildman–Crippen MR) is 130 cm³/mol. The highest BCUT2D eigenvalue weighted by Crippen LogP contribution is 2.35. The number of nitrogens with one attached hydrogen (secondary N) is 1. The van der Waals surface area contributed by atoms with Gasteiger partial charge in [0.05, 0.1) is 15.2 Å². The summed E-state index contributed by atoms with van der Waals surface area (Å²) in [6, 6.07) is 9.08. The van der Waals surface area contributed by atoms with Gasteiger partial charge in [0.1, 0.15) is 17.5 Å². The van der Waals surface area contributed by atoms with Crippen LogP contribution in [0.25, 0.3) is 11.0 Å². The molecular weight excluding hydrogens is 474 g/mol. The molecular formula is C23H27N5O6S. The number of ether oxygens (including phenoxy) is 1. The zero-order chi connectivity index (χ0) is 25.4. The van der Waals surface area contributed by atoms with E-state index in [9.17, 15) is 23.3 Å². The number of aromatic nitrogens is 2. The first-order valence-electron chi connectivity index (χ1n) is 11.2. The Bertz CT molecular complexity index is 1360. The van der Waals surface area contributed by atoms with Crippen molar-refractivity contribution in [2.24, 2.45) is 0 Å². The van der Waals surface area contributed by atoms with Crippen molar-refractivity contribution < 1.29 is 22.9 Å². The van der Waals surface area contributed by atoms with E-state index < -0.39 is 26.6 Å². The number of fused-ring (bicyclic) bond motifs is 1. The molecule has 0 aliphatic carbocycles. The Morgan fingerprint density at radius 1 is 1.23 bits per heavy atom. The van der Waals surface area contributed by atoms with E-state index in [0.717, 1.165) is 10.2 Å². The highest BCUT2D eigenvalue weighted by Gasteiger charge is 2.31. The van der Waals surface area contributed by atoms with E-state index in [-0.39, 0.29) is 28.0 Å². The van der Waals surface area contributed by atoms with Gasteiger partial charge in [0.15, 0.2) is 5.65 Å². The molecule has 0 spiro atoms. The van der Waals surface area contributed by atoms with Crippen LogP contribution >= 0.6 is 0 Å². The van der Waals surface area contributed by atoms with E-state index in [2.05, 4.69) is 10.3 Å². The molecule has 1 unspecified atom stereocenters. The van der Waals surface area contributed by atoms with Gasteiger partial charge >= 0.3 is 11.8 Å². The smallest absolute Gasteiger partial charge is 0.410 e. The van der Waals surface area contributed by atoms with Gasteiger partial charge in [-0.25, -0.2) is 22.2 Å². The number of rotatable bonds is 5. The largest absolute Gasteiger partial charge is 0.444 e. The number of hydrogen-bond acceptors (Lipinski definition) is 8. The molecule has 1 aromatic carbocycles. The number of pyridine rings is 1. The number of nitrogens with zero attached hydrogens (tertiary/aromatic N) is 4. The maximum Gasteiger partial charge on any atom is 0.410 e. The molecule has 3 heterocycles. The van der Waals surface area contributed by atoms with E-state index in [1.54, 1.807) is 43.9 Å². The fourth-order valence-corrected chi connectivity index (χ4v) is 5.36. The number of nitro groups is 1. The quantitative estimate of drug-likeness (QED) is 0.409. The summed E-state index contributed by atoms with van der Waals surface area (Å²) in [6.45, 7) is 6.17. The normalized spacial score (nSPS) is 16.8. The number of carbonyl (C=O) groups excluding carboxylic acids is 1. The molecule has 0 bridgehead atoms. The van der Waals surface area contributed by atoms with Gasteiger partial charge in [-0.05, 0) is 51.8 Å². The molecule has 0 saturated carbocycles. The lowest BCUT2D eigenvalue weighted by molar-refractivity contribution is -0.384. The van der Waals surface area contributed by atoms with Crippen molar-refractivity contribution >= 4 is 38.5 Å². The van der Waals surface area contributed by atoms with Crippen LogP contribution < -0.4 is 5.32 Å². The van der Waals surface area contributed by atoms with Crippen LogP contribution in [0.1, 0.15) is 33.6 Å². The van der Waals surface area contributed by atoms with Crippen molar-refractivity contribution in [1.82, 2.24) is 13.9 Å². The van der Waals surface area contributed by atoms with Crippen LogP contribution in [-0.2, 0) is 14.8 Å². The van der Waals surface area contributed by atoms with E-state index in [4.69, 9.17) is 4.74 Å². The van der Waals surface area contributed by atoms with Gasteiger partial charge < -0.3 is 15.0 Å². The molecule has 0 radical (unpaired) electrons. The van der Waals surface area contributed by atoms with Crippen LogP contribution in [0, 0.1) is 10.1 Å². The van der Waals surface area contributed by atoms with Crippen molar-refractivity contribution in [2.45, 2.75) is 50.2 Å². The van der Waals surface area contributed by atoms with E-state index in [1.807, 2.05) is 0 Å². The summed E-state index contributed by atoms with van der Waals surface area (Å²) in [5.74, 6) is 0. The van der Waals surface area contributed by atoms with Crippen LogP contribution in [0.2, 0.25) is 0 Å². The Hall–Kier alpha value is -3.67. The zero-order valence-corrected chi connectivity index (χ0v) is 20.5. The standard InChI is InChI=1S/C23H27N5O6S/c1-23(2,3)34-22(29)26-12-7-8-16(15-26)25-20-18-11-13-27(21(18)24-14-19(20)28(30)31)35(32,33)17-9-5-4-6-10-17/h4-6,9-11,13-14,16H,7-8,12,15H2,1-3H3,(H,24,25). The Balaban J connectivity index is 1.69. The molecule has 35 heavy (non-hydrogen) atoms. The Morgan fingerprint density at radius 2 is 1.94 bits per heavy atom. The Labute approximate surface area is 202 Å². The van der Waals surface area contributed by atoms with Crippen molar-refractivity contribution in [1.29, 1.82) is 0 Å². The maximum absolute atomic E-state index is 13.2. The van der Waals surface area contributed by atoms with E-state index >= 15 is 0 Å².